The Balaban J connectivity index is 2.06. The van der Waals surface area contributed by atoms with Gasteiger partial charge in [0.15, 0.2) is 0 Å². The van der Waals surface area contributed by atoms with Gasteiger partial charge >= 0.3 is 0 Å². The minimum Gasteiger partial charge on any atom is -0.311 e. The predicted octanol–water partition coefficient (Wildman–Crippen LogP) is 1.92. The number of hydrogen-bond donors (Lipinski definition) is 2. The topological polar surface area (TPSA) is 65.4 Å². The van der Waals surface area contributed by atoms with Gasteiger partial charge in [-0.15, -0.1) is 0 Å². The highest BCUT2D eigenvalue weighted by molar-refractivity contribution is 6.02. The SMILES string of the molecule is CN(C)CCN=C(Nc1ccccn1)Nc1ccccn1. The molecule has 2 aromatic rings. The molecule has 6 nitrogen and oxygen atoms in total. The first-order chi connectivity index (χ1) is 10.2. The molecule has 0 amide bonds. The second-order valence-corrected chi connectivity index (χ2v) is 4.71. The average Bonchev–Trinajstić information content (AvgIpc) is 2.49. The van der Waals surface area contributed by atoms with Crippen molar-refractivity contribution < 1.29 is 0 Å². The maximum atomic E-state index is 4.53. The number of aliphatic imine (C=N–C) groups is 1. The van der Waals surface area contributed by atoms with Gasteiger partial charge in [-0.25, -0.2) is 9.97 Å². The van der Waals surface area contributed by atoms with Crippen molar-refractivity contribution in [3.8, 4) is 0 Å². The number of aromatic nitrogens is 2. The predicted molar refractivity (Wildman–Crippen MR) is 86.6 cm³/mol. The summed E-state index contributed by atoms with van der Waals surface area (Å²) in [5, 5.41) is 6.34. The molecule has 2 rings (SSSR count). The maximum Gasteiger partial charge on any atom is 0.202 e. The van der Waals surface area contributed by atoms with Crippen LogP contribution in [0, 0.1) is 0 Å². The molecule has 6 heteroatoms. The Morgan fingerprint density at radius 3 is 2.00 bits per heavy atom. The van der Waals surface area contributed by atoms with E-state index in [1.807, 2.05) is 50.5 Å². The summed E-state index contributed by atoms with van der Waals surface area (Å²) in [6.07, 6.45) is 3.47. The van der Waals surface area contributed by atoms with Crippen LogP contribution in [0.3, 0.4) is 0 Å². The van der Waals surface area contributed by atoms with E-state index >= 15 is 0 Å². The number of rotatable bonds is 5. The van der Waals surface area contributed by atoms with Crippen molar-refractivity contribution in [1.29, 1.82) is 0 Å². The third-order valence-corrected chi connectivity index (χ3v) is 2.64. The average molecular weight is 284 g/mol. The lowest BCUT2D eigenvalue weighted by molar-refractivity contribution is 0.420. The number of hydrogen-bond acceptors (Lipinski definition) is 4. The van der Waals surface area contributed by atoms with E-state index in [1.165, 1.54) is 0 Å². The number of guanidine groups is 1. The Morgan fingerprint density at radius 1 is 1.00 bits per heavy atom. The molecule has 2 heterocycles. The fraction of sp³-hybridized carbons (Fsp3) is 0.267. The molecule has 0 aromatic carbocycles. The van der Waals surface area contributed by atoms with Crippen LogP contribution in [-0.2, 0) is 0 Å². The lowest BCUT2D eigenvalue weighted by atomic mass is 10.4. The Bertz CT molecular complexity index is 509. The summed E-state index contributed by atoms with van der Waals surface area (Å²) >= 11 is 0. The summed E-state index contributed by atoms with van der Waals surface area (Å²) in [5.41, 5.74) is 0. The van der Waals surface area contributed by atoms with Gasteiger partial charge in [0.1, 0.15) is 11.6 Å². The Hall–Kier alpha value is -2.47. The first-order valence-corrected chi connectivity index (χ1v) is 6.79. The van der Waals surface area contributed by atoms with Crippen molar-refractivity contribution in [2.24, 2.45) is 4.99 Å². The first-order valence-electron chi connectivity index (χ1n) is 6.79. The fourth-order valence-electron chi connectivity index (χ4n) is 1.59. The standard InChI is InChI=1S/C15H20N6/c1-21(2)12-11-18-15(19-13-7-3-5-9-16-13)20-14-8-4-6-10-17-14/h3-10H,11-12H2,1-2H3,(H2,16,17,18,19,20). The lowest BCUT2D eigenvalue weighted by Gasteiger charge is -2.12. The van der Waals surface area contributed by atoms with Crippen molar-refractivity contribution in [3.05, 3.63) is 48.8 Å². The van der Waals surface area contributed by atoms with E-state index in [9.17, 15) is 0 Å². The van der Waals surface area contributed by atoms with E-state index in [4.69, 9.17) is 0 Å². The Kier molecular flexibility index (Phi) is 5.66. The van der Waals surface area contributed by atoms with Gasteiger partial charge in [0.2, 0.25) is 5.96 Å². The molecule has 0 aliphatic carbocycles. The molecular formula is C15H20N6. The molecule has 0 unspecified atom stereocenters. The number of nitrogens with zero attached hydrogens (tertiary/aromatic N) is 4. The first kappa shape index (κ1) is 14.9. The molecule has 0 atom stereocenters. The van der Waals surface area contributed by atoms with Gasteiger partial charge in [-0.2, -0.15) is 0 Å². The molecule has 0 saturated heterocycles. The highest BCUT2D eigenvalue weighted by Gasteiger charge is 2.02. The van der Waals surface area contributed by atoms with E-state index < -0.39 is 0 Å². The number of pyridine rings is 2. The molecule has 0 fully saturated rings. The zero-order chi connectivity index (χ0) is 14.9. The molecule has 2 aromatic heterocycles. The third kappa shape index (κ3) is 5.58. The van der Waals surface area contributed by atoms with Crippen LogP contribution in [0.5, 0.6) is 0 Å². The molecule has 0 aliphatic rings. The smallest absolute Gasteiger partial charge is 0.202 e. The van der Waals surface area contributed by atoms with E-state index in [-0.39, 0.29) is 0 Å². The third-order valence-electron chi connectivity index (χ3n) is 2.64. The van der Waals surface area contributed by atoms with Crippen molar-refractivity contribution >= 4 is 17.6 Å². The van der Waals surface area contributed by atoms with E-state index in [2.05, 4.69) is 30.5 Å². The van der Waals surface area contributed by atoms with Crippen LogP contribution in [-0.4, -0.2) is 48.0 Å². The van der Waals surface area contributed by atoms with Gasteiger partial charge in [-0.05, 0) is 38.4 Å². The van der Waals surface area contributed by atoms with Crippen LogP contribution in [0.4, 0.5) is 11.6 Å². The molecule has 2 N–H and O–H groups in total. The second kappa shape index (κ2) is 7.96. The molecule has 21 heavy (non-hydrogen) atoms. The van der Waals surface area contributed by atoms with E-state index in [0.29, 0.717) is 12.5 Å². The van der Waals surface area contributed by atoms with Crippen LogP contribution >= 0.6 is 0 Å². The zero-order valence-corrected chi connectivity index (χ0v) is 12.3. The monoisotopic (exact) mass is 284 g/mol. The number of likely N-dealkylation sites (N-methyl/N-ethyl adjacent to an activating group) is 1. The quantitative estimate of drug-likeness (QED) is 0.648. The van der Waals surface area contributed by atoms with Gasteiger partial charge in [-0.3, -0.25) is 4.99 Å². The van der Waals surface area contributed by atoms with Crippen LogP contribution in [0.2, 0.25) is 0 Å². The summed E-state index contributed by atoms with van der Waals surface area (Å²) in [4.78, 5) is 15.1. The summed E-state index contributed by atoms with van der Waals surface area (Å²) in [6, 6.07) is 11.4. The molecule has 0 spiro atoms. The van der Waals surface area contributed by atoms with Crippen LogP contribution in [0.1, 0.15) is 0 Å². The van der Waals surface area contributed by atoms with Crippen LogP contribution in [0.25, 0.3) is 0 Å². The van der Waals surface area contributed by atoms with Crippen molar-refractivity contribution in [3.63, 3.8) is 0 Å². The summed E-state index contributed by atoms with van der Waals surface area (Å²) in [6.45, 7) is 1.55. The molecule has 0 aliphatic heterocycles. The number of anilines is 2. The fourth-order valence-corrected chi connectivity index (χ4v) is 1.59. The van der Waals surface area contributed by atoms with Gasteiger partial charge in [-0.1, -0.05) is 12.1 Å². The molecule has 110 valence electrons. The van der Waals surface area contributed by atoms with Gasteiger partial charge < -0.3 is 15.5 Å². The van der Waals surface area contributed by atoms with Crippen molar-refractivity contribution in [1.82, 2.24) is 14.9 Å². The minimum absolute atomic E-state index is 0.634. The van der Waals surface area contributed by atoms with Gasteiger partial charge in [0.05, 0.1) is 6.54 Å². The van der Waals surface area contributed by atoms with Gasteiger partial charge in [0.25, 0.3) is 0 Å². The molecule has 0 radical (unpaired) electrons. The summed E-state index contributed by atoms with van der Waals surface area (Å²) in [7, 11) is 4.04. The zero-order valence-electron chi connectivity index (χ0n) is 12.3. The lowest BCUT2D eigenvalue weighted by Crippen LogP contribution is -2.25. The largest absolute Gasteiger partial charge is 0.311 e. The second-order valence-electron chi connectivity index (χ2n) is 4.71. The summed E-state index contributed by atoms with van der Waals surface area (Å²) < 4.78 is 0. The maximum absolute atomic E-state index is 4.53. The summed E-state index contributed by atoms with van der Waals surface area (Å²) in [5.74, 6) is 2.11. The molecule has 0 bridgehead atoms. The van der Waals surface area contributed by atoms with E-state index in [1.54, 1.807) is 12.4 Å². The number of nitrogens with one attached hydrogen (secondary N) is 2. The molecular weight excluding hydrogens is 264 g/mol. The van der Waals surface area contributed by atoms with Gasteiger partial charge in [0, 0.05) is 18.9 Å². The minimum atomic E-state index is 0.634. The highest BCUT2D eigenvalue weighted by Crippen LogP contribution is 2.04. The Morgan fingerprint density at radius 2 is 1.57 bits per heavy atom. The van der Waals surface area contributed by atoms with Crippen molar-refractivity contribution in [2.75, 3.05) is 37.8 Å². The van der Waals surface area contributed by atoms with Crippen LogP contribution < -0.4 is 10.6 Å². The Labute approximate surface area is 125 Å². The molecule has 0 saturated carbocycles. The normalized spacial score (nSPS) is 10.2. The van der Waals surface area contributed by atoms with Crippen LogP contribution in [0.15, 0.2) is 53.8 Å². The van der Waals surface area contributed by atoms with Crippen molar-refractivity contribution in [2.45, 2.75) is 0 Å². The van der Waals surface area contributed by atoms with E-state index in [0.717, 1.165) is 18.2 Å². The highest BCUT2D eigenvalue weighted by atomic mass is 15.2.